The first kappa shape index (κ1) is 18.4. The smallest absolute Gasteiger partial charge is 0.334 e. The summed E-state index contributed by atoms with van der Waals surface area (Å²) in [7, 11) is 0. The quantitative estimate of drug-likeness (QED) is 0.146. The van der Waals surface area contributed by atoms with Gasteiger partial charge in [-0.1, -0.05) is 18.2 Å². The van der Waals surface area contributed by atoms with Gasteiger partial charge in [-0.3, -0.25) is 10.2 Å². The second kappa shape index (κ2) is 9.42. The van der Waals surface area contributed by atoms with Gasteiger partial charge in [-0.2, -0.15) is 0 Å². The number of amides is 1. The van der Waals surface area contributed by atoms with E-state index in [0.717, 1.165) is 0 Å². The molecule has 0 spiro atoms. The Hall–Kier alpha value is -2.61. The zero-order valence-corrected chi connectivity index (χ0v) is 13.0. The third kappa shape index (κ3) is 7.28. The normalized spacial score (nSPS) is 12.8. The van der Waals surface area contributed by atoms with Gasteiger partial charge in [0.2, 0.25) is 5.91 Å². The highest BCUT2D eigenvalue weighted by Crippen LogP contribution is 2.11. The molecule has 8 heteroatoms. The number of hydrogen-bond acceptors (Lipinski definition) is 5. The summed E-state index contributed by atoms with van der Waals surface area (Å²) in [5, 5.41) is 12.3. The minimum Gasteiger partial charge on any atom is -0.425 e. The molecule has 0 saturated carbocycles. The fraction of sp³-hybridized carbons (Fsp3) is 0.400. The number of esters is 1. The number of benzene rings is 1. The van der Waals surface area contributed by atoms with Crippen molar-refractivity contribution in [2.24, 2.45) is 11.5 Å². The van der Waals surface area contributed by atoms with Gasteiger partial charge in [-0.05, 0) is 31.9 Å². The zero-order chi connectivity index (χ0) is 17.2. The van der Waals surface area contributed by atoms with Crippen molar-refractivity contribution in [3.8, 4) is 5.75 Å². The molecule has 8 nitrogen and oxygen atoms in total. The van der Waals surface area contributed by atoms with E-state index in [1.807, 2.05) is 0 Å². The Morgan fingerprint density at radius 1 is 1.30 bits per heavy atom. The number of nitrogens with one attached hydrogen (secondary N) is 3. The lowest BCUT2D eigenvalue weighted by atomic mass is 10.1. The summed E-state index contributed by atoms with van der Waals surface area (Å²) in [6.45, 7) is 1.95. The van der Waals surface area contributed by atoms with Crippen molar-refractivity contribution in [3.63, 3.8) is 0 Å². The number of hydrogen-bond donors (Lipinski definition) is 5. The van der Waals surface area contributed by atoms with Crippen LogP contribution in [-0.4, -0.2) is 36.5 Å². The Kier molecular flexibility index (Phi) is 7.55. The van der Waals surface area contributed by atoms with E-state index in [-0.39, 0.29) is 5.96 Å². The van der Waals surface area contributed by atoms with E-state index in [9.17, 15) is 9.59 Å². The third-order valence-electron chi connectivity index (χ3n) is 2.96. The van der Waals surface area contributed by atoms with Crippen LogP contribution < -0.4 is 26.8 Å². The number of para-hydroxylation sites is 1. The molecule has 126 valence electrons. The first-order valence-corrected chi connectivity index (χ1v) is 7.30. The van der Waals surface area contributed by atoms with E-state index in [1.54, 1.807) is 30.3 Å². The van der Waals surface area contributed by atoms with Gasteiger partial charge >= 0.3 is 5.97 Å². The molecule has 0 aliphatic rings. The molecule has 0 saturated heterocycles. The lowest BCUT2D eigenvalue weighted by molar-refractivity contribution is -0.139. The van der Waals surface area contributed by atoms with E-state index < -0.39 is 24.0 Å². The summed E-state index contributed by atoms with van der Waals surface area (Å²) in [6.07, 6.45) is 0.859. The standard InChI is InChI=1S/C15H23N5O3/c1-10(16)13(21)20-12(8-5-9-19-15(17)18)14(22)23-11-6-3-2-4-7-11/h2-4,6-7,10,12H,5,8-9,16H2,1H3,(H,20,21)(H4,17,18,19)/t10-,12-/m0/s1. The van der Waals surface area contributed by atoms with Crippen LogP contribution in [0, 0.1) is 5.41 Å². The molecule has 0 heterocycles. The van der Waals surface area contributed by atoms with Crippen LogP contribution in [-0.2, 0) is 9.59 Å². The lowest BCUT2D eigenvalue weighted by Gasteiger charge is -2.19. The van der Waals surface area contributed by atoms with Gasteiger partial charge < -0.3 is 26.8 Å². The molecule has 2 atom stereocenters. The topological polar surface area (TPSA) is 143 Å². The molecule has 1 amide bonds. The predicted molar refractivity (Wildman–Crippen MR) is 86.8 cm³/mol. The average Bonchev–Trinajstić information content (AvgIpc) is 2.50. The molecule has 0 radical (unpaired) electrons. The van der Waals surface area contributed by atoms with Crippen molar-refractivity contribution in [3.05, 3.63) is 30.3 Å². The molecular weight excluding hydrogens is 298 g/mol. The van der Waals surface area contributed by atoms with Crippen LogP contribution in [0.1, 0.15) is 19.8 Å². The van der Waals surface area contributed by atoms with Crippen LogP contribution in [0.3, 0.4) is 0 Å². The number of carbonyl (C=O) groups excluding carboxylic acids is 2. The molecule has 1 aromatic rings. The van der Waals surface area contributed by atoms with Crippen LogP contribution in [0.25, 0.3) is 0 Å². The molecule has 1 aromatic carbocycles. The minimum absolute atomic E-state index is 0.145. The van der Waals surface area contributed by atoms with Crippen molar-refractivity contribution >= 4 is 17.8 Å². The van der Waals surface area contributed by atoms with Crippen molar-refractivity contribution in [1.29, 1.82) is 5.41 Å². The van der Waals surface area contributed by atoms with Gasteiger partial charge in [-0.15, -0.1) is 0 Å². The average molecular weight is 321 g/mol. The maximum atomic E-state index is 12.2. The third-order valence-corrected chi connectivity index (χ3v) is 2.96. The molecule has 0 aliphatic heterocycles. The highest BCUT2D eigenvalue weighted by atomic mass is 16.5. The molecule has 0 aromatic heterocycles. The summed E-state index contributed by atoms with van der Waals surface area (Å²) < 4.78 is 5.25. The number of carbonyl (C=O) groups is 2. The molecule has 0 bridgehead atoms. The summed E-state index contributed by atoms with van der Waals surface area (Å²) in [4.78, 5) is 24.0. The fourth-order valence-corrected chi connectivity index (χ4v) is 1.76. The largest absolute Gasteiger partial charge is 0.425 e. The van der Waals surface area contributed by atoms with Crippen LogP contribution >= 0.6 is 0 Å². The van der Waals surface area contributed by atoms with Crippen molar-refractivity contribution in [2.45, 2.75) is 31.8 Å². The Labute approximate surface area is 135 Å². The van der Waals surface area contributed by atoms with Gasteiger partial charge in [0.05, 0.1) is 6.04 Å². The number of ether oxygens (including phenoxy) is 1. The number of rotatable bonds is 8. The fourth-order valence-electron chi connectivity index (χ4n) is 1.76. The molecule has 0 aliphatic carbocycles. The second-order valence-corrected chi connectivity index (χ2v) is 5.07. The van der Waals surface area contributed by atoms with Gasteiger partial charge in [0.1, 0.15) is 11.8 Å². The molecule has 23 heavy (non-hydrogen) atoms. The molecule has 1 rings (SSSR count). The molecular formula is C15H23N5O3. The first-order valence-electron chi connectivity index (χ1n) is 7.30. The Bertz CT molecular complexity index is 533. The summed E-state index contributed by atoms with van der Waals surface area (Å²) in [6, 6.07) is 7.06. The Morgan fingerprint density at radius 2 is 1.96 bits per heavy atom. The van der Waals surface area contributed by atoms with E-state index in [2.05, 4.69) is 10.6 Å². The lowest BCUT2D eigenvalue weighted by Crippen LogP contribution is -2.48. The highest BCUT2D eigenvalue weighted by Gasteiger charge is 2.23. The zero-order valence-electron chi connectivity index (χ0n) is 13.0. The predicted octanol–water partition coefficient (Wildman–Crippen LogP) is -0.313. The van der Waals surface area contributed by atoms with E-state index >= 15 is 0 Å². The van der Waals surface area contributed by atoms with E-state index in [0.29, 0.717) is 25.1 Å². The minimum atomic E-state index is -0.817. The van der Waals surface area contributed by atoms with Gasteiger partial charge in [0, 0.05) is 6.54 Å². The van der Waals surface area contributed by atoms with Crippen LogP contribution in [0.15, 0.2) is 30.3 Å². The van der Waals surface area contributed by atoms with E-state index in [4.69, 9.17) is 21.6 Å². The second-order valence-electron chi connectivity index (χ2n) is 5.07. The van der Waals surface area contributed by atoms with Crippen LogP contribution in [0.2, 0.25) is 0 Å². The van der Waals surface area contributed by atoms with Gasteiger partial charge in [0.25, 0.3) is 0 Å². The molecule has 0 fully saturated rings. The van der Waals surface area contributed by atoms with E-state index in [1.165, 1.54) is 6.92 Å². The summed E-state index contributed by atoms with van der Waals surface area (Å²) in [5.74, 6) is -0.736. The number of nitrogens with two attached hydrogens (primary N) is 2. The summed E-state index contributed by atoms with van der Waals surface area (Å²) in [5.41, 5.74) is 10.7. The maximum absolute atomic E-state index is 12.2. The molecule has 7 N–H and O–H groups in total. The highest BCUT2D eigenvalue weighted by molar-refractivity contribution is 5.87. The first-order chi connectivity index (χ1) is 10.9. The Balaban J connectivity index is 2.63. The summed E-state index contributed by atoms with van der Waals surface area (Å²) >= 11 is 0. The van der Waals surface area contributed by atoms with Crippen molar-refractivity contribution < 1.29 is 14.3 Å². The van der Waals surface area contributed by atoms with Crippen LogP contribution in [0.5, 0.6) is 5.75 Å². The monoisotopic (exact) mass is 321 g/mol. The van der Waals surface area contributed by atoms with Crippen molar-refractivity contribution in [2.75, 3.05) is 6.54 Å². The maximum Gasteiger partial charge on any atom is 0.334 e. The SMILES string of the molecule is C[C@H](N)C(=O)N[C@@H](CCCNC(=N)N)C(=O)Oc1ccccc1. The van der Waals surface area contributed by atoms with Crippen LogP contribution in [0.4, 0.5) is 0 Å². The van der Waals surface area contributed by atoms with Gasteiger partial charge in [-0.25, -0.2) is 4.79 Å². The number of guanidine groups is 1. The van der Waals surface area contributed by atoms with Gasteiger partial charge in [0.15, 0.2) is 5.96 Å². The molecule has 0 unspecified atom stereocenters. The van der Waals surface area contributed by atoms with Crippen molar-refractivity contribution in [1.82, 2.24) is 10.6 Å². The Morgan fingerprint density at radius 3 is 2.52 bits per heavy atom.